The first kappa shape index (κ1) is 30.8. The summed E-state index contributed by atoms with van der Waals surface area (Å²) in [5.74, 6) is 1.37. The van der Waals surface area contributed by atoms with Crippen LogP contribution in [0.5, 0.6) is 6.01 Å². The molecule has 3 fully saturated rings. The van der Waals surface area contributed by atoms with Crippen LogP contribution in [0, 0.1) is 11.3 Å². The van der Waals surface area contributed by atoms with E-state index in [1.807, 2.05) is 19.9 Å². The van der Waals surface area contributed by atoms with Crippen LogP contribution in [-0.4, -0.2) is 87.2 Å². The molecule has 5 heterocycles. The molecule has 0 spiro atoms. The van der Waals surface area contributed by atoms with Gasteiger partial charge in [-0.2, -0.15) is 20.2 Å². The first-order valence-electron chi connectivity index (χ1n) is 16.0. The number of aromatic nitrogens is 4. The second-order valence-electron chi connectivity index (χ2n) is 13.1. The number of piperidine rings is 1. The lowest BCUT2D eigenvalue weighted by Crippen LogP contribution is -2.48. The molecule has 0 saturated carbocycles. The molecule has 0 radical (unpaired) electrons. The molecule has 3 aliphatic heterocycles. The molecule has 2 unspecified atom stereocenters. The van der Waals surface area contributed by atoms with Gasteiger partial charge in [-0.15, -0.1) is 0 Å². The second kappa shape index (κ2) is 12.3. The molecule has 2 aromatic heterocycles. The molecule has 6 rings (SSSR count). The molecule has 3 atom stereocenters. The minimum absolute atomic E-state index is 0.0252. The summed E-state index contributed by atoms with van der Waals surface area (Å²) in [7, 11) is 2.21. The zero-order valence-electron chi connectivity index (χ0n) is 26.8. The third-order valence-electron chi connectivity index (χ3n) is 10.2. The number of nitrogens with two attached hydrogens (primary N) is 1. The molecule has 1 amide bonds. The van der Waals surface area contributed by atoms with Crippen LogP contribution in [0.4, 0.5) is 5.82 Å². The maximum Gasteiger partial charge on any atom is 0.319 e. The molecule has 12 nitrogen and oxygen atoms in total. The summed E-state index contributed by atoms with van der Waals surface area (Å²) in [5.41, 5.74) is 8.90. The quantitative estimate of drug-likeness (QED) is 0.358. The molecule has 4 aliphatic rings. The molecule has 1 aliphatic carbocycles. The highest BCUT2D eigenvalue weighted by atomic mass is 16.5. The van der Waals surface area contributed by atoms with Crippen LogP contribution in [0.15, 0.2) is 45.7 Å². The average Bonchev–Trinajstić information content (AvgIpc) is 3.60. The van der Waals surface area contributed by atoms with Gasteiger partial charge in [-0.1, -0.05) is 17.3 Å². The van der Waals surface area contributed by atoms with E-state index in [2.05, 4.69) is 34.7 Å². The Morgan fingerprint density at radius 1 is 1.20 bits per heavy atom. The van der Waals surface area contributed by atoms with Gasteiger partial charge in [0.1, 0.15) is 23.7 Å². The maximum atomic E-state index is 12.2. The van der Waals surface area contributed by atoms with Crippen LogP contribution in [0.3, 0.4) is 0 Å². The predicted molar refractivity (Wildman–Crippen MR) is 169 cm³/mol. The molecule has 12 heteroatoms. The highest BCUT2D eigenvalue weighted by molar-refractivity contribution is 5.87. The van der Waals surface area contributed by atoms with Crippen LogP contribution < -0.4 is 15.4 Å². The first-order chi connectivity index (χ1) is 21.6. The number of rotatable bonds is 7. The van der Waals surface area contributed by atoms with E-state index in [1.54, 1.807) is 11.8 Å². The number of piperazine rings is 1. The Kier molecular flexibility index (Phi) is 8.39. The van der Waals surface area contributed by atoms with Crippen molar-refractivity contribution in [3.63, 3.8) is 0 Å². The standard InChI is InChI=1S/C33H43N9O3/c1-6-28(43)42-14-12-41(13-15-42)27-18-26(36-32(37-27)44-24-16-22-9-10-23(17-24)40(22)5)30-38-31(45-39-30)33(4)11-7-8-20(2)29(33)25(19-34)21(3)35/h6,18,22-24H,1,7-17,35H2,2-5H3/b25-21+/t22?,23?,24?,33-/m0/s1. The summed E-state index contributed by atoms with van der Waals surface area (Å²) in [4.78, 5) is 33.1. The molecule has 3 saturated heterocycles. The smallest absolute Gasteiger partial charge is 0.319 e. The number of carbonyl (C=O) groups excluding carboxylic acids is 1. The van der Waals surface area contributed by atoms with Gasteiger partial charge in [0, 0.05) is 62.9 Å². The van der Waals surface area contributed by atoms with Crippen molar-refractivity contribution in [2.45, 2.75) is 89.3 Å². The van der Waals surface area contributed by atoms with E-state index in [0.29, 0.717) is 78.8 Å². The van der Waals surface area contributed by atoms with Gasteiger partial charge in [-0.25, -0.2) is 0 Å². The topological polar surface area (TPSA) is 151 Å². The molecular formula is C33H43N9O3. The van der Waals surface area contributed by atoms with Crippen LogP contribution in [-0.2, 0) is 10.2 Å². The van der Waals surface area contributed by atoms with Crippen molar-refractivity contribution >= 4 is 11.7 Å². The minimum atomic E-state index is -0.671. The monoisotopic (exact) mass is 613 g/mol. The van der Waals surface area contributed by atoms with E-state index in [9.17, 15) is 10.1 Å². The molecule has 2 aromatic rings. The first-order valence-corrected chi connectivity index (χ1v) is 16.0. The van der Waals surface area contributed by atoms with Crippen molar-refractivity contribution in [3.8, 4) is 23.6 Å². The Balaban J connectivity index is 1.34. The van der Waals surface area contributed by atoms with E-state index >= 15 is 0 Å². The summed E-state index contributed by atoms with van der Waals surface area (Å²) >= 11 is 0. The molecule has 238 valence electrons. The van der Waals surface area contributed by atoms with Gasteiger partial charge >= 0.3 is 6.01 Å². The fourth-order valence-electron chi connectivity index (χ4n) is 7.66. The van der Waals surface area contributed by atoms with E-state index in [4.69, 9.17) is 29.9 Å². The molecular weight excluding hydrogens is 570 g/mol. The Morgan fingerprint density at radius 3 is 2.56 bits per heavy atom. The second-order valence-corrected chi connectivity index (χ2v) is 13.1. The van der Waals surface area contributed by atoms with Gasteiger partial charge in [-0.3, -0.25) is 4.79 Å². The normalized spacial score (nSPS) is 27.7. The summed E-state index contributed by atoms with van der Waals surface area (Å²) < 4.78 is 12.4. The van der Waals surface area contributed by atoms with Crippen molar-refractivity contribution < 1.29 is 14.1 Å². The van der Waals surface area contributed by atoms with Crippen LogP contribution in [0.1, 0.15) is 71.6 Å². The van der Waals surface area contributed by atoms with Gasteiger partial charge in [0.15, 0.2) is 0 Å². The number of allylic oxidation sites excluding steroid dienone is 4. The number of hydrogen-bond acceptors (Lipinski definition) is 11. The van der Waals surface area contributed by atoms with Crippen molar-refractivity contribution in [3.05, 3.63) is 47.0 Å². The zero-order chi connectivity index (χ0) is 31.9. The Morgan fingerprint density at radius 2 is 1.91 bits per heavy atom. The molecule has 45 heavy (non-hydrogen) atoms. The highest BCUT2D eigenvalue weighted by Gasteiger charge is 2.43. The number of amides is 1. The number of anilines is 1. The number of carbonyl (C=O) groups is 1. The predicted octanol–water partition coefficient (Wildman–Crippen LogP) is 3.88. The van der Waals surface area contributed by atoms with E-state index in [-0.39, 0.29) is 12.0 Å². The van der Waals surface area contributed by atoms with Crippen molar-refractivity contribution in [1.82, 2.24) is 29.9 Å². The Bertz CT molecular complexity index is 1560. The van der Waals surface area contributed by atoms with Gasteiger partial charge < -0.3 is 29.7 Å². The van der Waals surface area contributed by atoms with E-state index in [0.717, 1.165) is 43.3 Å². The number of hydrogen-bond donors (Lipinski definition) is 1. The molecule has 2 N–H and O–H groups in total. The highest BCUT2D eigenvalue weighted by Crippen LogP contribution is 2.46. The van der Waals surface area contributed by atoms with Crippen LogP contribution in [0.2, 0.25) is 0 Å². The zero-order valence-corrected chi connectivity index (χ0v) is 26.8. The van der Waals surface area contributed by atoms with Gasteiger partial charge in [0.05, 0.1) is 11.0 Å². The van der Waals surface area contributed by atoms with E-state index < -0.39 is 5.41 Å². The number of nitrogens with zero attached hydrogens (tertiary/aromatic N) is 8. The number of nitriles is 1. The minimum Gasteiger partial charge on any atom is -0.460 e. The van der Waals surface area contributed by atoms with Gasteiger partial charge in [0.2, 0.25) is 17.6 Å². The van der Waals surface area contributed by atoms with E-state index in [1.165, 1.54) is 18.9 Å². The number of fused-ring (bicyclic) bond motifs is 2. The largest absolute Gasteiger partial charge is 0.460 e. The molecule has 0 aromatic carbocycles. The fourth-order valence-corrected chi connectivity index (χ4v) is 7.66. The summed E-state index contributed by atoms with van der Waals surface area (Å²) in [6.07, 6.45) is 8.19. The van der Waals surface area contributed by atoms with Crippen molar-refractivity contribution in [1.29, 1.82) is 5.26 Å². The van der Waals surface area contributed by atoms with Gasteiger partial charge in [0.25, 0.3) is 0 Å². The average molecular weight is 614 g/mol. The van der Waals surface area contributed by atoms with Crippen LogP contribution in [0.25, 0.3) is 11.5 Å². The van der Waals surface area contributed by atoms with Crippen LogP contribution >= 0.6 is 0 Å². The third kappa shape index (κ3) is 5.81. The van der Waals surface area contributed by atoms with Gasteiger partial charge in [-0.05, 0) is 71.6 Å². The summed E-state index contributed by atoms with van der Waals surface area (Å²) in [5, 5.41) is 14.4. The number of ether oxygens (including phenoxy) is 1. The Hall–Kier alpha value is -4.24. The fraction of sp³-hybridized carbons (Fsp3) is 0.576. The van der Waals surface area contributed by atoms with Crippen molar-refractivity contribution in [2.75, 3.05) is 38.1 Å². The summed E-state index contributed by atoms with van der Waals surface area (Å²) in [6, 6.07) is 5.49. The van der Waals surface area contributed by atoms with Crippen molar-refractivity contribution in [2.24, 2.45) is 5.73 Å². The lowest BCUT2D eigenvalue weighted by Gasteiger charge is -2.36. The summed E-state index contributed by atoms with van der Waals surface area (Å²) in [6.45, 7) is 11.8. The Labute approximate surface area is 264 Å². The lowest BCUT2D eigenvalue weighted by atomic mass is 9.68. The molecule has 2 bridgehead atoms. The maximum absolute atomic E-state index is 12.2. The third-order valence-corrected chi connectivity index (χ3v) is 10.2. The SMILES string of the molecule is C=CC(=O)N1CCN(c2cc(-c3noc([C@@]4(C)CCCC(C)=C4/C(C#N)=C(\C)N)n3)nc(OC3CC4CCC(C3)N4C)n2)CC1. The lowest BCUT2D eigenvalue weighted by molar-refractivity contribution is -0.126.